The summed E-state index contributed by atoms with van der Waals surface area (Å²) in [7, 11) is 1.52. The number of nitrogens with one attached hydrogen (secondary N) is 2. The molecule has 0 radical (unpaired) electrons. The summed E-state index contributed by atoms with van der Waals surface area (Å²) in [5.74, 6) is -1.37. The van der Waals surface area contributed by atoms with E-state index in [9.17, 15) is 14.4 Å². The first-order chi connectivity index (χ1) is 9.54. The van der Waals surface area contributed by atoms with Crippen molar-refractivity contribution in [1.82, 2.24) is 5.32 Å². The standard InChI is InChI=1S/C14H18N2O4/c1-15-14(20)10-6-2-3-7-11(10)16-12(17)8-4-5-9-13(18)19/h2-3,6-7H,4-5,8-9H2,1H3,(H,15,20)(H,16,17)(H,18,19). The molecule has 0 aliphatic rings. The molecule has 0 unspecified atom stereocenters. The minimum Gasteiger partial charge on any atom is -0.481 e. The summed E-state index contributed by atoms with van der Waals surface area (Å²) in [6.45, 7) is 0. The van der Waals surface area contributed by atoms with Crippen molar-refractivity contribution in [3.05, 3.63) is 29.8 Å². The van der Waals surface area contributed by atoms with E-state index in [1.807, 2.05) is 0 Å². The summed E-state index contributed by atoms with van der Waals surface area (Å²) in [5.41, 5.74) is 0.851. The second kappa shape index (κ2) is 7.93. The van der Waals surface area contributed by atoms with E-state index in [-0.39, 0.29) is 24.7 Å². The topological polar surface area (TPSA) is 95.5 Å². The molecule has 108 valence electrons. The van der Waals surface area contributed by atoms with E-state index in [4.69, 9.17) is 5.11 Å². The van der Waals surface area contributed by atoms with Crippen molar-refractivity contribution in [3.63, 3.8) is 0 Å². The van der Waals surface area contributed by atoms with E-state index in [0.717, 1.165) is 0 Å². The van der Waals surface area contributed by atoms with Gasteiger partial charge in [0.25, 0.3) is 5.91 Å². The molecule has 1 rings (SSSR count). The van der Waals surface area contributed by atoms with Crippen LogP contribution in [0.25, 0.3) is 0 Å². The average Bonchev–Trinajstić information content (AvgIpc) is 2.43. The highest BCUT2D eigenvalue weighted by Crippen LogP contribution is 2.15. The fourth-order valence-electron chi connectivity index (χ4n) is 1.70. The number of benzene rings is 1. The number of hydrogen-bond acceptors (Lipinski definition) is 3. The maximum atomic E-state index is 11.7. The van der Waals surface area contributed by atoms with Crippen LogP contribution in [0.5, 0.6) is 0 Å². The zero-order chi connectivity index (χ0) is 15.0. The quantitative estimate of drug-likeness (QED) is 0.660. The highest BCUT2D eigenvalue weighted by Gasteiger charge is 2.11. The number of rotatable bonds is 7. The lowest BCUT2D eigenvalue weighted by molar-refractivity contribution is -0.137. The van der Waals surface area contributed by atoms with Crippen LogP contribution in [-0.2, 0) is 9.59 Å². The van der Waals surface area contributed by atoms with E-state index in [2.05, 4.69) is 10.6 Å². The molecule has 0 fully saturated rings. The Bertz CT molecular complexity index is 500. The number of aliphatic carboxylic acids is 1. The normalized spacial score (nSPS) is 9.85. The molecule has 20 heavy (non-hydrogen) atoms. The Labute approximate surface area is 117 Å². The Balaban J connectivity index is 2.53. The van der Waals surface area contributed by atoms with Gasteiger partial charge in [-0.25, -0.2) is 0 Å². The Morgan fingerprint density at radius 1 is 1.10 bits per heavy atom. The fourth-order valence-corrected chi connectivity index (χ4v) is 1.70. The van der Waals surface area contributed by atoms with Crippen molar-refractivity contribution in [1.29, 1.82) is 0 Å². The zero-order valence-electron chi connectivity index (χ0n) is 11.3. The van der Waals surface area contributed by atoms with Crippen molar-refractivity contribution in [3.8, 4) is 0 Å². The number of amides is 2. The van der Waals surface area contributed by atoms with Crippen LogP contribution in [0.3, 0.4) is 0 Å². The van der Waals surface area contributed by atoms with Crippen molar-refractivity contribution in [2.24, 2.45) is 0 Å². The highest BCUT2D eigenvalue weighted by molar-refractivity contribution is 6.03. The molecule has 0 saturated carbocycles. The van der Waals surface area contributed by atoms with Gasteiger partial charge >= 0.3 is 5.97 Å². The minimum absolute atomic E-state index is 0.0576. The third kappa shape index (κ3) is 5.09. The van der Waals surface area contributed by atoms with Crippen molar-refractivity contribution in [2.75, 3.05) is 12.4 Å². The third-order valence-corrected chi connectivity index (χ3v) is 2.72. The van der Waals surface area contributed by atoms with E-state index in [0.29, 0.717) is 24.1 Å². The largest absolute Gasteiger partial charge is 0.481 e. The first kappa shape index (κ1) is 15.7. The van der Waals surface area contributed by atoms with Gasteiger partial charge in [-0.15, -0.1) is 0 Å². The molecule has 0 heterocycles. The van der Waals surface area contributed by atoms with Gasteiger partial charge in [-0.3, -0.25) is 14.4 Å². The van der Waals surface area contributed by atoms with Crippen LogP contribution in [0.1, 0.15) is 36.0 Å². The lowest BCUT2D eigenvalue weighted by Crippen LogP contribution is -2.21. The average molecular weight is 278 g/mol. The van der Waals surface area contributed by atoms with Crippen LogP contribution in [-0.4, -0.2) is 29.9 Å². The first-order valence-corrected chi connectivity index (χ1v) is 6.37. The number of unbranched alkanes of at least 4 members (excludes halogenated alkanes) is 1. The molecule has 2 amide bonds. The molecule has 1 aromatic rings. The van der Waals surface area contributed by atoms with Crippen molar-refractivity contribution in [2.45, 2.75) is 25.7 Å². The lowest BCUT2D eigenvalue weighted by atomic mass is 10.1. The summed E-state index contributed by atoms with van der Waals surface area (Å²) in [4.78, 5) is 33.7. The first-order valence-electron chi connectivity index (χ1n) is 6.37. The smallest absolute Gasteiger partial charge is 0.303 e. The van der Waals surface area contributed by atoms with Crippen LogP contribution in [0.15, 0.2) is 24.3 Å². The second-order valence-electron chi connectivity index (χ2n) is 4.27. The molecule has 0 aliphatic heterocycles. The Morgan fingerprint density at radius 3 is 2.40 bits per heavy atom. The lowest BCUT2D eigenvalue weighted by Gasteiger charge is -2.09. The molecule has 0 atom stereocenters. The SMILES string of the molecule is CNC(=O)c1ccccc1NC(=O)CCCCC(=O)O. The molecule has 0 aromatic heterocycles. The van der Waals surface area contributed by atoms with Crippen LogP contribution in [0.4, 0.5) is 5.69 Å². The molecule has 0 aliphatic carbocycles. The van der Waals surface area contributed by atoms with Gasteiger partial charge in [0.05, 0.1) is 11.3 Å². The molecule has 0 spiro atoms. The molecule has 6 heteroatoms. The number of carboxylic acids is 1. The second-order valence-corrected chi connectivity index (χ2v) is 4.27. The van der Waals surface area contributed by atoms with E-state index in [1.165, 1.54) is 7.05 Å². The highest BCUT2D eigenvalue weighted by atomic mass is 16.4. The maximum absolute atomic E-state index is 11.7. The van der Waals surface area contributed by atoms with Crippen LogP contribution in [0.2, 0.25) is 0 Å². The summed E-state index contributed by atoms with van der Waals surface area (Å²) >= 11 is 0. The number of para-hydroxylation sites is 1. The Hall–Kier alpha value is -2.37. The minimum atomic E-state index is -0.865. The molecule has 0 saturated heterocycles. The predicted molar refractivity (Wildman–Crippen MR) is 74.6 cm³/mol. The molecule has 1 aromatic carbocycles. The summed E-state index contributed by atoms with van der Waals surface area (Å²) in [5, 5.41) is 13.7. The van der Waals surface area contributed by atoms with Crippen LogP contribution < -0.4 is 10.6 Å². The molecular weight excluding hydrogens is 260 g/mol. The van der Waals surface area contributed by atoms with Gasteiger partial charge in [0.1, 0.15) is 0 Å². The van der Waals surface area contributed by atoms with Gasteiger partial charge < -0.3 is 15.7 Å². The van der Waals surface area contributed by atoms with Gasteiger partial charge in [-0.2, -0.15) is 0 Å². The van der Waals surface area contributed by atoms with Crippen LogP contribution in [0, 0.1) is 0 Å². The van der Waals surface area contributed by atoms with Crippen LogP contribution >= 0.6 is 0 Å². The number of anilines is 1. The van der Waals surface area contributed by atoms with E-state index >= 15 is 0 Å². The predicted octanol–water partition coefficient (Wildman–Crippen LogP) is 1.63. The monoisotopic (exact) mass is 278 g/mol. The summed E-state index contributed by atoms with van der Waals surface area (Å²) in [6.07, 6.45) is 1.25. The fraction of sp³-hybridized carbons (Fsp3) is 0.357. The van der Waals surface area contributed by atoms with Gasteiger partial charge in [0.15, 0.2) is 0 Å². The molecular formula is C14H18N2O4. The third-order valence-electron chi connectivity index (χ3n) is 2.72. The van der Waals surface area contributed by atoms with E-state index in [1.54, 1.807) is 24.3 Å². The van der Waals surface area contributed by atoms with Crippen molar-refractivity contribution < 1.29 is 19.5 Å². The molecule has 6 nitrogen and oxygen atoms in total. The maximum Gasteiger partial charge on any atom is 0.303 e. The molecule has 0 bridgehead atoms. The van der Waals surface area contributed by atoms with Gasteiger partial charge in [0, 0.05) is 19.9 Å². The number of carbonyl (C=O) groups is 3. The van der Waals surface area contributed by atoms with Gasteiger partial charge in [-0.1, -0.05) is 12.1 Å². The summed E-state index contributed by atoms with van der Waals surface area (Å²) < 4.78 is 0. The van der Waals surface area contributed by atoms with Gasteiger partial charge in [0.2, 0.25) is 5.91 Å². The number of carbonyl (C=O) groups excluding carboxylic acids is 2. The number of carboxylic acid groups (broad SMARTS) is 1. The number of hydrogen-bond donors (Lipinski definition) is 3. The Morgan fingerprint density at radius 2 is 1.75 bits per heavy atom. The Kier molecular flexibility index (Phi) is 6.22. The zero-order valence-corrected chi connectivity index (χ0v) is 11.3. The van der Waals surface area contributed by atoms with E-state index < -0.39 is 5.97 Å². The van der Waals surface area contributed by atoms with Crippen molar-refractivity contribution >= 4 is 23.5 Å². The summed E-state index contributed by atoms with van der Waals surface area (Å²) in [6, 6.07) is 6.72. The van der Waals surface area contributed by atoms with Gasteiger partial charge in [-0.05, 0) is 25.0 Å². The molecule has 3 N–H and O–H groups in total.